The zero-order valence-corrected chi connectivity index (χ0v) is 12.7. The molecule has 7 nitrogen and oxygen atoms in total. The summed E-state index contributed by atoms with van der Waals surface area (Å²) >= 11 is 5.55. The SMILES string of the molecule is CC1(C)CN(S(=O)(=O)c2cnc(Cl)nc2)CC(CO)O1. The first-order chi connectivity index (χ1) is 9.24. The number of aromatic nitrogens is 2. The molecule has 1 aliphatic rings. The number of halogens is 1. The highest BCUT2D eigenvalue weighted by Crippen LogP contribution is 2.26. The van der Waals surface area contributed by atoms with Crippen LogP contribution in [0.15, 0.2) is 17.3 Å². The van der Waals surface area contributed by atoms with E-state index in [1.165, 1.54) is 16.7 Å². The molecule has 1 atom stereocenters. The lowest BCUT2D eigenvalue weighted by Crippen LogP contribution is -2.55. The molecule has 0 amide bonds. The quantitative estimate of drug-likeness (QED) is 0.804. The van der Waals surface area contributed by atoms with E-state index < -0.39 is 21.7 Å². The number of aliphatic hydroxyl groups excluding tert-OH is 1. The van der Waals surface area contributed by atoms with Crippen molar-refractivity contribution in [3.05, 3.63) is 17.7 Å². The van der Waals surface area contributed by atoms with Gasteiger partial charge in [0.15, 0.2) is 0 Å². The molecule has 0 saturated carbocycles. The Morgan fingerprint density at radius 3 is 2.65 bits per heavy atom. The molecule has 0 spiro atoms. The van der Waals surface area contributed by atoms with Crippen LogP contribution >= 0.6 is 11.6 Å². The van der Waals surface area contributed by atoms with E-state index >= 15 is 0 Å². The molecule has 1 fully saturated rings. The van der Waals surface area contributed by atoms with Crippen molar-refractivity contribution < 1.29 is 18.3 Å². The highest BCUT2D eigenvalue weighted by Gasteiger charge is 2.39. The first-order valence-corrected chi connectivity index (χ1v) is 7.83. The van der Waals surface area contributed by atoms with Crippen LogP contribution in [0.5, 0.6) is 0 Å². The summed E-state index contributed by atoms with van der Waals surface area (Å²) < 4.78 is 31.9. The Kier molecular flexibility index (Phi) is 4.31. The maximum absolute atomic E-state index is 12.5. The molecule has 2 heterocycles. The van der Waals surface area contributed by atoms with E-state index in [2.05, 4.69) is 9.97 Å². The summed E-state index contributed by atoms with van der Waals surface area (Å²) in [6, 6.07) is 0. The van der Waals surface area contributed by atoms with Crippen LogP contribution in [0.2, 0.25) is 5.28 Å². The highest BCUT2D eigenvalue weighted by molar-refractivity contribution is 7.89. The van der Waals surface area contributed by atoms with Crippen LogP contribution in [0.4, 0.5) is 0 Å². The van der Waals surface area contributed by atoms with E-state index in [0.29, 0.717) is 0 Å². The van der Waals surface area contributed by atoms with Gasteiger partial charge in [-0.25, -0.2) is 18.4 Å². The zero-order valence-electron chi connectivity index (χ0n) is 11.2. The predicted molar refractivity (Wildman–Crippen MR) is 71.8 cm³/mol. The Hall–Kier alpha value is -0.800. The van der Waals surface area contributed by atoms with E-state index in [1.54, 1.807) is 13.8 Å². The molecule has 1 aliphatic heterocycles. The van der Waals surface area contributed by atoms with Gasteiger partial charge in [-0.1, -0.05) is 0 Å². The fourth-order valence-electron chi connectivity index (χ4n) is 2.10. The molecule has 1 aromatic heterocycles. The number of sulfonamides is 1. The summed E-state index contributed by atoms with van der Waals surface area (Å²) in [6.45, 7) is 3.58. The van der Waals surface area contributed by atoms with Crippen molar-refractivity contribution in [1.82, 2.24) is 14.3 Å². The molecule has 1 saturated heterocycles. The fraction of sp³-hybridized carbons (Fsp3) is 0.636. The van der Waals surface area contributed by atoms with Crippen molar-refractivity contribution in [3.8, 4) is 0 Å². The molecule has 1 aromatic rings. The van der Waals surface area contributed by atoms with Crippen molar-refractivity contribution in [2.45, 2.75) is 30.4 Å². The largest absolute Gasteiger partial charge is 0.394 e. The van der Waals surface area contributed by atoms with E-state index in [9.17, 15) is 13.5 Å². The topological polar surface area (TPSA) is 92.6 Å². The average molecular weight is 322 g/mol. The van der Waals surface area contributed by atoms with Crippen LogP contribution in [-0.4, -0.2) is 59.2 Å². The molecule has 2 rings (SSSR count). The Balaban J connectivity index is 2.31. The molecule has 20 heavy (non-hydrogen) atoms. The third-order valence-electron chi connectivity index (χ3n) is 2.89. The lowest BCUT2D eigenvalue weighted by molar-refractivity contribution is -0.131. The number of rotatable bonds is 3. The number of hydrogen-bond donors (Lipinski definition) is 1. The van der Waals surface area contributed by atoms with E-state index in [-0.39, 0.29) is 29.9 Å². The summed E-state index contributed by atoms with van der Waals surface area (Å²) in [5.41, 5.74) is -0.675. The predicted octanol–water partition coefficient (Wildman–Crippen LogP) is 0.290. The molecular weight excluding hydrogens is 306 g/mol. The molecule has 0 aromatic carbocycles. The normalized spacial score (nSPS) is 23.7. The van der Waals surface area contributed by atoms with Crippen LogP contribution in [0.1, 0.15) is 13.8 Å². The number of morpholine rings is 1. The van der Waals surface area contributed by atoms with Crippen molar-refractivity contribution in [2.75, 3.05) is 19.7 Å². The number of hydrogen-bond acceptors (Lipinski definition) is 6. The highest BCUT2D eigenvalue weighted by atomic mass is 35.5. The first kappa shape index (κ1) is 15.6. The second-order valence-corrected chi connectivity index (χ2v) is 7.44. The first-order valence-electron chi connectivity index (χ1n) is 6.01. The summed E-state index contributed by atoms with van der Waals surface area (Å²) in [5, 5.41) is 9.21. The minimum Gasteiger partial charge on any atom is -0.394 e. The molecule has 0 radical (unpaired) electrons. The van der Waals surface area contributed by atoms with E-state index in [0.717, 1.165) is 0 Å². The molecule has 0 bridgehead atoms. The van der Waals surface area contributed by atoms with Gasteiger partial charge in [-0.2, -0.15) is 4.31 Å². The lowest BCUT2D eigenvalue weighted by Gasteiger charge is -2.41. The third kappa shape index (κ3) is 3.26. The van der Waals surface area contributed by atoms with Gasteiger partial charge in [0.05, 0.1) is 30.7 Å². The minimum absolute atomic E-state index is 0.0144. The molecule has 1 unspecified atom stereocenters. The van der Waals surface area contributed by atoms with Crippen molar-refractivity contribution in [1.29, 1.82) is 0 Å². The van der Waals surface area contributed by atoms with Gasteiger partial charge in [0.2, 0.25) is 15.3 Å². The van der Waals surface area contributed by atoms with Gasteiger partial charge in [0.25, 0.3) is 0 Å². The smallest absolute Gasteiger partial charge is 0.246 e. The molecule has 1 N–H and O–H groups in total. The number of aliphatic hydroxyl groups is 1. The zero-order chi connectivity index (χ0) is 15.0. The molecule has 112 valence electrons. The van der Waals surface area contributed by atoms with E-state index in [1.807, 2.05) is 0 Å². The van der Waals surface area contributed by atoms with Crippen LogP contribution in [0, 0.1) is 0 Å². The summed E-state index contributed by atoms with van der Waals surface area (Å²) in [6.07, 6.45) is 1.78. The standard InChI is InChI=1S/C11H16ClN3O4S/c1-11(2)7-15(5-8(6-16)19-11)20(17,18)9-3-13-10(12)14-4-9/h3-4,8,16H,5-7H2,1-2H3. The molecule has 9 heteroatoms. The summed E-state index contributed by atoms with van der Waals surface area (Å²) in [5.74, 6) is 0. The number of ether oxygens (including phenoxy) is 1. The summed E-state index contributed by atoms with van der Waals surface area (Å²) in [4.78, 5) is 7.34. The average Bonchev–Trinajstić information content (AvgIpc) is 2.37. The van der Waals surface area contributed by atoms with Gasteiger partial charge in [0.1, 0.15) is 4.90 Å². The van der Waals surface area contributed by atoms with Gasteiger partial charge in [-0.05, 0) is 25.4 Å². The third-order valence-corrected chi connectivity index (χ3v) is 4.85. The molecular formula is C11H16ClN3O4S. The number of nitrogens with zero attached hydrogens (tertiary/aromatic N) is 3. The Morgan fingerprint density at radius 2 is 2.10 bits per heavy atom. The Labute approximate surface area is 122 Å². The van der Waals surface area contributed by atoms with Crippen LogP contribution in [-0.2, 0) is 14.8 Å². The Morgan fingerprint density at radius 1 is 1.50 bits per heavy atom. The van der Waals surface area contributed by atoms with Crippen molar-refractivity contribution in [2.24, 2.45) is 0 Å². The van der Waals surface area contributed by atoms with Gasteiger partial charge < -0.3 is 9.84 Å². The van der Waals surface area contributed by atoms with Gasteiger partial charge in [-0.3, -0.25) is 0 Å². The minimum atomic E-state index is -3.73. The van der Waals surface area contributed by atoms with Gasteiger partial charge in [-0.15, -0.1) is 0 Å². The molecule has 0 aliphatic carbocycles. The van der Waals surface area contributed by atoms with Crippen LogP contribution < -0.4 is 0 Å². The lowest BCUT2D eigenvalue weighted by atomic mass is 10.1. The van der Waals surface area contributed by atoms with Gasteiger partial charge >= 0.3 is 0 Å². The maximum atomic E-state index is 12.5. The summed E-state index contributed by atoms with van der Waals surface area (Å²) in [7, 11) is -3.73. The monoisotopic (exact) mass is 321 g/mol. The maximum Gasteiger partial charge on any atom is 0.246 e. The second kappa shape index (κ2) is 5.53. The van der Waals surface area contributed by atoms with E-state index in [4.69, 9.17) is 16.3 Å². The van der Waals surface area contributed by atoms with Crippen LogP contribution in [0.3, 0.4) is 0 Å². The Bertz CT molecular complexity index is 576. The van der Waals surface area contributed by atoms with Crippen molar-refractivity contribution in [3.63, 3.8) is 0 Å². The fourth-order valence-corrected chi connectivity index (χ4v) is 3.71. The van der Waals surface area contributed by atoms with Crippen molar-refractivity contribution >= 4 is 21.6 Å². The van der Waals surface area contributed by atoms with Gasteiger partial charge in [0, 0.05) is 13.1 Å². The second-order valence-electron chi connectivity index (χ2n) is 5.17. The van der Waals surface area contributed by atoms with Crippen LogP contribution in [0.25, 0.3) is 0 Å².